The molecule has 2 N–H and O–H groups in total. The Morgan fingerprint density at radius 1 is 1.40 bits per heavy atom. The van der Waals surface area contributed by atoms with Crippen LogP contribution in [0.5, 0.6) is 0 Å². The molecule has 112 valence electrons. The normalized spacial score (nSPS) is 10.3. The summed E-state index contributed by atoms with van der Waals surface area (Å²) in [6, 6.07) is 0. The topological polar surface area (TPSA) is 74.3 Å². The number of aromatic nitrogens is 1. The number of nitrogens with zero attached hydrogens (tertiary/aromatic N) is 2. The standard InChI is InChI=1S/C13H22N4O2S/c1-4-15-12(19)6-7-14-8-11-9-20-13(16-11)17(5-2)10(3)18/h9,14H,4-8H2,1-3H3,(H,15,19). The first kappa shape index (κ1) is 16.6. The molecule has 1 rings (SSSR count). The highest BCUT2D eigenvalue weighted by Crippen LogP contribution is 2.20. The van der Waals surface area contributed by atoms with Crippen molar-refractivity contribution in [1.29, 1.82) is 0 Å². The van der Waals surface area contributed by atoms with Gasteiger partial charge < -0.3 is 10.6 Å². The third-order valence-electron chi connectivity index (χ3n) is 2.68. The Balaban J connectivity index is 2.37. The number of rotatable bonds is 8. The summed E-state index contributed by atoms with van der Waals surface area (Å²) in [4.78, 5) is 28.7. The fourth-order valence-electron chi connectivity index (χ4n) is 1.70. The lowest BCUT2D eigenvalue weighted by Crippen LogP contribution is -2.28. The van der Waals surface area contributed by atoms with Crippen molar-refractivity contribution in [2.75, 3.05) is 24.5 Å². The summed E-state index contributed by atoms with van der Waals surface area (Å²) in [5.74, 6) is 0.0466. The zero-order valence-corrected chi connectivity index (χ0v) is 13.0. The number of anilines is 1. The number of amides is 2. The van der Waals surface area contributed by atoms with E-state index in [9.17, 15) is 9.59 Å². The van der Waals surface area contributed by atoms with Gasteiger partial charge in [-0.1, -0.05) is 0 Å². The van der Waals surface area contributed by atoms with Crippen molar-refractivity contribution in [2.24, 2.45) is 0 Å². The van der Waals surface area contributed by atoms with Crippen LogP contribution < -0.4 is 15.5 Å². The van der Waals surface area contributed by atoms with Crippen molar-refractivity contribution in [2.45, 2.75) is 33.7 Å². The van der Waals surface area contributed by atoms with E-state index in [2.05, 4.69) is 15.6 Å². The summed E-state index contributed by atoms with van der Waals surface area (Å²) in [5, 5.41) is 8.57. The first-order valence-corrected chi connectivity index (χ1v) is 7.66. The molecule has 0 aliphatic rings. The molecular formula is C13H22N4O2S. The minimum Gasteiger partial charge on any atom is -0.356 e. The van der Waals surface area contributed by atoms with Crippen LogP contribution in [0.2, 0.25) is 0 Å². The van der Waals surface area contributed by atoms with Crippen LogP contribution in [-0.4, -0.2) is 36.4 Å². The molecule has 2 amide bonds. The Kier molecular flexibility index (Phi) is 7.17. The lowest BCUT2D eigenvalue weighted by molar-refractivity contribution is -0.121. The van der Waals surface area contributed by atoms with Gasteiger partial charge in [-0.25, -0.2) is 4.98 Å². The molecule has 0 saturated heterocycles. The van der Waals surface area contributed by atoms with Crippen LogP contribution in [0.25, 0.3) is 0 Å². The summed E-state index contributed by atoms with van der Waals surface area (Å²) < 4.78 is 0. The average molecular weight is 298 g/mol. The Bertz CT molecular complexity index is 447. The molecular weight excluding hydrogens is 276 g/mol. The van der Waals surface area contributed by atoms with E-state index in [0.717, 1.165) is 10.8 Å². The highest BCUT2D eigenvalue weighted by atomic mass is 32.1. The van der Waals surface area contributed by atoms with Gasteiger partial charge in [0.25, 0.3) is 0 Å². The monoisotopic (exact) mass is 298 g/mol. The van der Waals surface area contributed by atoms with Crippen LogP contribution in [0.15, 0.2) is 5.38 Å². The molecule has 7 heteroatoms. The lowest BCUT2D eigenvalue weighted by atomic mass is 10.4. The number of thiazole rings is 1. The van der Waals surface area contributed by atoms with Crippen molar-refractivity contribution in [1.82, 2.24) is 15.6 Å². The highest BCUT2D eigenvalue weighted by molar-refractivity contribution is 7.14. The molecule has 6 nitrogen and oxygen atoms in total. The number of nitrogens with one attached hydrogen (secondary N) is 2. The van der Waals surface area contributed by atoms with Crippen LogP contribution in [0.4, 0.5) is 5.13 Å². The largest absolute Gasteiger partial charge is 0.356 e. The van der Waals surface area contributed by atoms with E-state index in [1.54, 1.807) is 4.90 Å². The second kappa shape index (κ2) is 8.65. The second-order valence-corrected chi connectivity index (χ2v) is 5.10. The van der Waals surface area contributed by atoms with Gasteiger partial charge >= 0.3 is 0 Å². The van der Waals surface area contributed by atoms with Crippen LogP contribution in [-0.2, 0) is 16.1 Å². The van der Waals surface area contributed by atoms with Gasteiger partial charge in [0.2, 0.25) is 11.8 Å². The molecule has 0 spiro atoms. The van der Waals surface area contributed by atoms with Gasteiger partial charge in [-0.3, -0.25) is 14.5 Å². The molecule has 1 aromatic heterocycles. The summed E-state index contributed by atoms with van der Waals surface area (Å²) >= 11 is 1.46. The zero-order valence-electron chi connectivity index (χ0n) is 12.2. The number of hydrogen-bond donors (Lipinski definition) is 2. The summed E-state index contributed by atoms with van der Waals surface area (Å²) in [5.41, 5.74) is 0.889. The maximum atomic E-state index is 11.4. The number of hydrogen-bond acceptors (Lipinski definition) is 5. The third kappa shape index (κ3) is 5.26. The average Bonchev–Trinajstić information content (AvgIpc) is 2.84. The Morgan fingerprint density at radius 2 is 2.15 bits per heavy atom. The van der Waals surface area contributed by atoms with E-state index in [4.69, 9.17) is 0 Å². The van der Waals surface area contributed by atoms with E-state index in [0.29, 0.717) is 32.6 Å². The summed E-state index contributed by atoms with van der Waals surface area (Å²) in [6.45, 7) is 7.85. The molecule has 1 heterocycles. The van der Waals surface area contributed by atoms with Gasteiger partial charge in [0.15, 0.2) is 5.13 Å². The molecule has 0 atom stereocenters. The molecule has 0 aliphatic carbocycles. The Hall–Kier alpha value is -1.47. The molecule has 0 fully saturated rings. The van der Waals surface area contributed by atoms with Gasteiger partial charge in [0, 0.05) is 44.9 Å². The van der Waals surface area contributed by atoms with E-state index in [1.165, 1.54) is 18.3 Å². The van der Waals surface area contributed by atoms with E-state index in [1.807, 2.05) is 19.2 Å². The van der Waals surface area contributed by atoms with Gasteiger partial charge in [-0.15, -0.1) is 11.3 Å². The SMILES string of the molecule is CCNC(=O)CCNCc1csc(N(CC)C(C)=O)n1. The molecule has 0 unspecified atom stereocenters. The molecule has 20 heavy (non-hydrogen) atoms. The maximum absolute atomic E-state index is 11.4. The van der Waals surface area contributed by atoms with E-state index in [-0.39, 0.29) is 11.8 Å². The van der Waals surface area contributed by atoms with Gasteiger partial charge in [0.1, 0.15) is 0 Å². The van der Waals surface area contributed by atoms with Gasteiger partial charge in [0.05, 0.1) is 5.69 Å². The molecule has 0 aromatic carbocycles. The predicted octanol–water partition coefficient (Wildman–Crippen LogP) is 1.13. The van der Waals surface area contributed by atoms with Crippen molar-refractivity contribution in [3.63, 3.8) is 0 Å². The quantitative estimate of drug-likeness (QED) is 0.706. The maximum Gasteiger partial charge on any atom is 0.225 e. The molecule has 0 saturated carbocycles. The Labute approximate surface area is 123 Å². The van der Waals surface area contributed by atoms with Gasteiger partial charge in [-0.2, -0.15) is 0 Å². The predicted molar refractivity (Wildman–Crippen MR) is 80.8 cm³/mol. The van der Waals surface area contributed by atoms with E-state index < -0.39 is 0 Å². The van der Waals surface area contributed by atoms with Crippen molar-refractivity contribution in [3.05, 3.63) is 11.1 Å². The first-order valence-electron chi connectivity index (χ1n) is 6.78. The van der Waals surface area contributed by atoms with Crippen LogP contribution in [0, 0.1) is 0 Å². The van der Waals surface area contributed by atoms with E-state index >= 15 is 0 Å². The van der Waals surface area contributed by atoms with Gasteiger partial charge in [-0.05, 0) is 13.8 Å². The van der Waals surface area contributed by atoms with Crippen molar-refractivity contribution >= 4 is 28.3 Å². The van der Waals surface area contributed by atoms with Crippen molar-refractivity contribution < 1.29 is 9.59 Å². The fourth-order valence-corrected chi connectivity index (χ4v) is 2.63. The summed E-state index contributed by atoms with van der Waals surface area (Å²) in [7, 11) is 0. The zero-order chi connectivity index (χ0) is 15.0. The molecule has 0 bridgehead atoms. The number of carbonyl (C=O) groups excluding carboxylic acids is 2. The first-order chi connectivity index (χ1) is 9.58. The highest BCUT2D eigenvalue weighted by Gasteiger charge is 2.13. The minimum atomic E-state index is -0.00223. The second-order valence-electron chi connectivity index (χ2n) is 4.26. The van der Waals surface area contributed by atoms with Crippen LogP contribution >= 0.6 is 11.3 Å². The van der Waals surface area contributed by atoms with Crippen LogP contribution in [0.3, 0.4) is 0 Å². The third-order valence-corrected chi connectivity index (χ3v) is 3.59. The Morgan fingerprint density at radius 3 is 2.75 bits per heavy atom. The molecule has 1 aromatic rings. The fraction of sp³-hybridized carbons (Fsp3) is 0.615. The summed E-state index contributed by atoms with van der Waals surface area (Å²) in [6.07, 6.45) is 0.458. The smallest absolute Gasteiger partial charge is 0.225 e. The van der Waals surface area contributed by atoms with Crippen molar-refractivity contribution in [3.8, 4) is 0 Å². The number of carbonyl (C=O) groups is 2. The molecule has 0 radical (unpaired) electrons. The minimum absolute atomic E-state index is 0.00223. The van der Waals surface area contributed by atoms with Crippen LogP contribution in [0.1, 0.15) is 32.9 Å². The molecule has 0 aliphatic heterocycles. The lowest BCUT2D eigenvalue weighted by Gasteiger charge is -2.14.